The summed E-state index contributed by atoms with van der Waals surface area (Å²) in [5.74, 6) is -1.37. The van der Waals surface area contributed by atoms with Gasteiger partial charge in [-0.05, 0) is 29.7 Å². The van der Waals surface area contributed by atoms with E-state index in [0.29, 0.717) is 0 Å². The second-order valence-corrected chi connectivity index (χ2v) is 7.88. The fourth-order valence-electron chi connectivity index (χ4n) is 3.63. The van der Waals surface area contributed by atoms with Crippen LogP contribution < -0.4 is 0 Å². The van der Waals surface area contributed by atoms with Gasteiger partial charge in [-0.25, -0.2) is 4.39 Å². The van der Waals surface area contributed by atoms with Crippen molar-refractivity contribution in [1.29, 1.82) is 0 Å². The average Bonchev–Trinajstić information content (AvgIpc) is 2.71. The Hall–Kier alpha value is -3.09. The van der Waals surface area contributed by atoms with Crippen LogP contribution in [0, 0.1) is 5.82 Å². The van der Waals surface area contributed by atoms with Crippen LogP contribution in [-0.4, -0.2) is 38.5 Å². The number of hydrogen-bond donors (Lipinski definition) is 3. The summed E-state index contributed by atoms with van der Waals surface area (Å²) in [5, 5.41) is 29.8. The lowest BCUT2D eigenvalue weighted by Gasteiger charge is -2.18. The van der Waals surface area contributed by atoms with Gasteiger partial charge in [0.05, 0.1) is 29.8 Å². The minimum atomic E-state index is -1.15. The van der Waals surface area contributed by atoms with E-state index in [1.54, 1.807) is 18.2 Å². The number of aliphatic hydroxyl groups excluding tert-OH is 2. The number of aromatic nitrogens is 1. The SMILES string of the molecule is CC(C)c1nc2ccccc2c(-c2ccc(F)cc2)c1/C=C/[C@H](O)C[C@H](O)CC(=O)O. The predicted molar refractivity (Wildman–Crippen MR) is 119 cm³/mol. The maximum atomic E-state index is 13.6. The van der Waals surface area contributed by atoms with Gasteiger partial charge in [0, 0.05) is 22.9 Å². The maximum absolute atomic E-state index is 13.6. The highest BCUT2D eigenvalue weighted by atomic mass is 19.1. The van der Waals surface area contributed by atoms with Crippen LogP contribution >= 0.6 is 0 Å². The molecule has 1 aromatic heterocycles. The molecule has 162 valence electrons. The van der Waals surface area contributed by atoms with Crippen LogP contribution in [0.3, 0.4) is 0 Å². The molecule has 1 heterocycles. The Morgan fingerprint density at radius 3 is 2.42 bits per heavy atom. The minimum Gasteiger partial charge on any atom is -0.481 e. The molecule has 0 radical (unpaired) electrons. The number of carboxylic acids is 1. The quantitative estimate of drug-likeness (QED) is 0.486. The van der Waals surface area contributed by atoms with E-state index in [-0.39, 0.29) is 18.2 Å². The van der Waals surface area contributed by atoms with Gasteiger partial charge in [-0.2, -0.15) is 0 Å². The lowest BCUT2D eigenvalue weighted by atomic mass is 9.90. The van der Waals surface area contributed by atoms with Crippen molar-refractivity contribution in [2.24, 2.45) is 0 Å². The second-order valence-electron chi connectivity index (χ2n) is 7.88. The molecule has 0 bridgehead atoms. The van der Waals surface area contributed by atoms with Crippen LogP contribution in [-0.2, 0) is 4.79 Å². The third-order valence-electron chi connectivity index (χ3n) is 5.05. The summed E-state index contributed by atoms with van der Waals surface area (Å²) in [4.78, 5) is 15.6. The number of pyridine rings is 1. The molecule has 0 aliphatic heterocycles. The molecule has 0 fully saturated rings. The molecule has 6 heteroatoms. The van der Waals surface area contributed by atoms with Gasteiger partial charge in [-0.3, -0.25) is 9.78 Å². The van der Waals surface area contributed by atoms with E-state index < -0.39 is 24.6 Å². The molecule has 0 aliphatic carbocycles. The van der Waals surface area contributed by atoms with Crippen LogP contribution in [0.1, 0.15) is 43.9 Å². The van der Waals surface area contributed by atoms with E-state index in [9.17, 15) is 19.4 Å². The first kappa shape index (κ1) is 22.6. The standard InChI is InChI=1S/C25H26FNO4/c1-15(2)25-21(12-11-18(28)13-19(29)14-23(30)31)24(16-7-9-17(26)10-8-16)20-5-3-4-6-22(20)27-25/h3-12,15,18-19,28-29H,13-14H2,1-2H3,(H,30,31)/b12-11+/t18-,19-/m0/s1. The van der Waals surface area contributed by atoms with Crippen molar-refractivity contribution < 1.29 is 24.5 Å². The molecule has 0 aliphatic rings. The highest BCUT2D eigenvalue weighted by Gasteiger charge is 2.18. The van der Waals surface area contributed by atoms with Crippen molar-refractivity contribution in [3.05, 3.63) is 71.7 Å². The van der Waals surface area contributed by atoms with Crippen molar-refractivity contribution in [2.45, 2.75) is 44.8 Å². The first-order chi connectivity index (χ1) is 14.8. The molecule has 3 rings (SSSR count). The summed E-state index contributed by atoms with van der Waals surface area (Å²) in [6.45, 7) is 4.05. The molecule has 2 atom stereocenters. The van der Waals surface area contributed by atoms with Gasteiger partial charge < -0.3 is 15.3 Å². The molecule has 2 aromatic carbocycles. The third-order valence-corrected chi connectivity index (χ3v) is 5.05. The minimum absolute atomic E-state index is 0.0817. The Labute approximate surface area is 180 Å². The average molecular weight is 423 g/mol. The monoisotopic (exact) mass is 423 g/mol. The first-order valence-corrected chi connectivity index (χ1v) is 10.2. The smallest absolute Gasteiger partial charge is 0.305 e. The predicted octanol–water partition coefficient (Wildman–Crippen LogP) is 4.76. The summed E-state index contributed by atoms with van der Waals surface area (Å²) in [6, 6.07) is 14.0. The van der Waals surface area contributed by atoms with Crippen molar-refractivity contribution in [2.75, 3.05) is 0 Å². The Balaban J connectivity index is 2.12. The number of hydrogen-bond acceptors (Lipinski definition) is 4. The molecule has 0 unspecified atom stereocenters. The number of aliphatic hydroxyl groups is 2. The van der Waals surface area contributed by atoms with E-state index in [1.165, 1.54) is 18.2 Å². The number of para-hydroxylation sites is 1. The van der Waals surface area contributed by atoms with Gasteiger partial charge in [0.25, 0.3) is 0 Å². The fourth-order valence-corrected chi connectivity index (χ4v) is 3.63. The molecule has 0 saturated heterocycles. The number of fused-ring (bicyclic) bond motifs is 1. The summed E-state index contributed by atoms with van der Waals surface area (Å²) >= 11 is 0. The number of rotatable bonds is 8. The van der Waals surface area contributed by atoms with Gasteiger partial charge in [-0.15, -0.1) is 0 Å². The van der Waals surface area contributed by atoms with Crippen LogP contribution in [0.4, 0.5) is 4.39 Å². The summed E-state index contributed by atoms with van der Waals surface area (Å²) in [5.41, 5.74) is 4.14. The number of benzene rings is 2. The molecule has 0 spiro atoms. The van der Waals surface area contributed by atoms with Gasteiger partial charge in [-0.1, -0.05) is 56.3 Å². The summed E-state index contributed by atoms with van der Waals surface area (Å²) in [6.07, 6.45) is 0.601. The maximum Gasteiger partial charge on any atom is 0.305 e. The van der Waals surface area contributed by atoms with Crippen molar-refractivity contribution >= 4 is 22.9 Å². The number of carbonyl (C=O) groups is 1. The molecule has 31 heavy (non-hydrogen) atoms. The molecular weight excluding hydrogens is 397 g/mol. The molecular formula is C25H26FNO4. The lowest BCUT2D eigenvalue weighted by molar-refractivity contribution is -0.139. The van der Waals surface area contributed by atoms with Gasteiger partial charge in [0.1, 0.15) is 5.82 Å². The number of carboxylic acid groups (broad SMARTS) is 1. The number of nitrogens with zero attached hydrogens (tertiary/aromatic N) is 1. The van der Waals surface area contributed by atoms with E-state index >= 15 is 0 Å². The highest BCUT2D eigenvalue weighted by molar-refractivity contribution is 5.99. The zero-order valence-corrected chi connectivity index (χ0v) is 17.5. The van der Waals surface area contributed by atoms with E-state index in [4.69, 9.17) is 10.1 Å². The zero-order chi connectivity index (χ0) is 22.5. The number of aliphatic carboxylic acids is 1. The molecule has 3 N–H and O–H groups in total. The van der Waals surface area contributed by atoms with E-state index in [1.807, 2.05) is 38.1 Å². The Bertz CT molecular complexity index is 1090. The molecule has 0 saturated carbocycles. The van der Waals surface area contributed by atoms with Crippen LogP contribution in [0.2, 0.25) is 0 Å². The Kier molecular flexibility index (Phi) is 7.15. The first-order valence-electron chi connectivity index (χ1n) is 10.2. The second kappa shape index (κ2) is 9.81. The van der Waals surface area contributed by atoms with Gasteiger partial charge in [0.2, 0.25) is 0 Å². The molecule has 5 nitrogen and oxygen atoms in total. The lowest BCUT2D eigenvalue weighted by Crippen LogP contribution is -2.19. The zero-order valence-electron chi connectivity index (χ0n) is 17.5. The highest BCUT2D eigenvalue weighted by Crippen LogP contribution is 2.36. The van der Waals surface area contributed by atoms with E-state index in [0.717, 1.165) is 33.3 Å². The van der Waals surface area contributed by atoms with Gasteiger partial charge in [0.15, 0.2) is 0 Å². The topological polar surface area (TPSA) is 90.7 Å². The third kappa shape index (κ3) is 5.54. The van der Waals surface area contributed by atoms with Crippen molar-refractivity contribution in [3.63, 3.8) is 0 Å². The molecule has 3 aromatic rings. The Morgan fingerprint density at radius 2 is 1.77 bits per heavy atom. The summed E-state index contributed by atoms with van der Waals surface area (Å²) < 4.78 is 13.6. The van der Waals surface area contributed by atoms with E-state index in [2.05, 4.69) is 0 Å². The summed E-state index contributed by atoms with van der Waals surface area (Å²) in [7, 11) is 0. The fraction of sp³-hybridized carbons (Fsp3) is 0.280. The Morgan fingerprint density at radius 1 is 1.10 bits per heavy atom. The van der Waals surface area contributed by atoms with Crippen LogP contribution in [0.15, 0.2) is 54.6 Å². The van der Waals surface area contributed by atoms with Crippen molar-refractivity contribution in [1.82, 2.24) is 4.98 Å². The van der Waals surface area contributed by atoms with Crippen molar-refractivity contribution in [3.8, 4) is 11.1 Å². The number of halogens is 1. The molecule has 0 amide bonds. The normalized spacial score (nSPS) is 13.7. The van der Waals surface area contributed by atoms with Crippen LogP contribution in [0.5, 0.6) is 0 Å². The largest absolute Gasteiger partial charge is 0.481 e. The van der Waals surface area contributed by atoms with Gasteiger partial charge >= 0.3 is 5.97 Å². The van der Waals surface area contributed by atoms with Crippen LogP contribution in [0.25, 0.3) is 28.1 Å².